The molecule has 1 heterocycles. The van der Waals surface area contributed by atoms with Crippen molar-refractivity contribution >= 4 is 66.8 Å². The summed E-state index contributed by atoms with van der Waals surface area (Å²) in [7, 11) is 0. The van der Waals surface area contributed by atoms with Gasteiger partial charge < -0.3 is 14.2 Å². The molecule has 0 aliphatic rings. The maximum absolute atomic E-state index is 7.12. The second-order valence-electron chi connectivity index (χ2n) is 13.7. The zero-order chi connectivity index (χ0) is 36.6. The first-order valence-corrected chi connectivity index (χ1v) is 18.7. The summed E-state index contributed by atoms with van der Waals surface area (Å²) < 4.78 is 7.12. The fourth-order valence-corrected chi connectivity index (χ4v) is 7.89. The van der Waals surface area contributed by atoms with Gasteiger partial charge in [-0.15, -0.1) is 0 Å². The number of hydrogen-bond donors (Lipinski definition) is 0. The largest absolute Gasteiger partial charge is 0.454 e. The van der Waals surface area contributed by atoms with Crippen LogP contribution in [-0.2, 0) is 0 Å². The summed E-state index contributed by atoms with van der Waals surface area (Å²) in [6.45, 7) is 0. The Hall–Kier alpha value is -7.36. The number of benzene rings is 9. The van der Waals surface area contributed by atoms with E-state index in [-0.39, 0.29) is 0 Å². The van der Waals surface area contributed by atoms with Crippen LogP contribution in [0, 0.1) is 0 Å². The lowest BCUT2D eigenvalue weighted by atomic mass is 10.00. The molecule has 10 rings (SSSR count). The van der Waals surface area contributed by atoms with Crippen molar-refractivity contribution in [2.24, 2.45) is 0 Å². The van der Waals surface area contributed by atoms with E-state index < -0.39 is 0 Å². The minimum Gasteiger partial charge on any atom is -0.454 e. The molecule has 3 nitrogen and oxygen atoms in total. The second kappa shape index (κ2) is 13.9. The first-order valence-electron chi connectivity index (χ1n) is 18.7. The van der Waals surface area contributed by atoms with Crippen molar-refractivity contribution in [2.75, 3.05) is 9.80 Å². The van der Waals surface area contributed by atoms with Crippen LogP contribution in [0.2, 0.25) is 0 Å². The third-order valence-corrected chi connectivity index (χ3v) is 10.4. The van der Waals surface area contributed by atoms with Crippen LogP contribution in [0.1, 0.15) is 0 Å². The summed E-state index contributed by atoms with van der Waals surface area (Å²) in [5, 5.41) is 4.47. The molecule has 260 valence electrons. The van der Waals surface area contributed by atoms with Crippen LogP contribution in [0.25, 0.3) is 55.0 Å². The molecule has 0 aliphatic carbocycles. The fourth-order valence-electron chi connectivity index (χ4n) is 7.89. The molecule has 55 heavy (non-hydrogen) atoms. The molecule has 1 aromatic heterocycles. The zero-order valence-corrected chi connectivity index (χ0v) is 30.1. The number of anilines is 6. The van der Waals surface area contributed by atoms with Gasteiger partial charge in [-0.1, -0.05) is 152 Å². The molecule has 0 saturated carbocycles. The summed E-state index contributed by atoms with van der Waals surface area (Å²) in [5.74, 6) is 0. The minimum absolute atomic E-state index is 0.818. The third kappa shape index (κ3) is 5.89. The normalized spacial score (nSPS) is 11.3. The molecule has 10 aromatic rings. The summed E-state index contributed by atoms with van der Waals surface area (Å²) in [4.78, 5) is 4.70. The first-order chi connectivity index (χ1) is 27.3. The SMILES string of the molecule is c1ccc(-c2cccc(N(c3ccccc3)c3ccc(N(c4ccccc4)c4cccc(-c5ccccc5)c4)c4c3oc3ccc5ccccc5c34)c2)cc1. The van der Waals surface area contributed by atoms with Gasteiger partial charge in [0.2, 0.25) is 0 Å². The lowest BCUT2D eigenvalue weighted by molar-refractivity contribution is 0.669. The predicted octanol–water partition coefficient (Wildman–Crippen LogP) is 15.0. The minimum atomic E-state index is 0.818. The standard InChI is InChI=1S/C52H36N2O/c1-5-17-37(18-6-1)40-22-15-28-44(35-40)53(42-24-9-3-10-25-42)47-32-33-48(52-51(47)50-46-30-14-13-21-39(46)31-34-49(50)55-52)54(43-26-11-4-12-27-43)45-29-16-23-41(36-45)38-19-7-2-8-20-38/h1-36H. The highest BCUT2D eigenvalue weighted by Crippen LogP contribution is 2.50. The number of para-hydroxylation sites is 2. The Labute approximate surface area is 320 Å². The van der Waals surface area contributed by atoms with Gasteiger partial charge in [-0.05, 0) is 99.8 Å². The van der Waals surface area contributed by atoms with Crippen molar-refractivity contribution in [1.29, 1.82) is 0 Å². The van der Waals surface area contributed by atoms with Gasteiger partial charge in [0.05, 0.1) is 16.8 Å². The van der Waals surface area contributed by atoms with E-state index in [0.29, 0.717) is 0 Å². The number of fused-ring (bicyclic) bond motifs is 5. The van der Waals surface area contributed by atoms with E-state index in [4.69, 9.17) is 4.42 Å². The van der Waals surface area contributed by atoms with Gasteiger partial charge in [-0.3, -0.25) is 0 Å². The Morgan fingerprint density at radius 1 is 0.309 bits per heavy atom. The summed E-state index contributed by atoms with van der Waals surface area (Å²) in [5.41, 5.74) is 12.5. The van der Waals surface area contributed by atoms with E-state index in [1.807, 2.05) is 0 Å². The molecule has 0 amide bonds. The molecule has 9 aromatic carbocycles. The molecule has 0 atom stereocenters. The third-order valence-electron chi connectivity index (χ3n) is 10.4. The maximum Gasteiger partial charge on any atom is 0.161 e. The Kier molecular flexibility index (Phi) is 8.16. The van der Waals surface area contributed by atoms with Crippen molar-refractivity contribution in [3.05, 3.63) is 218 Å². The lowest BCUT2D eigenvalue weighted by Crippen LogP contribution is -2.13. The molecule has 0 N–H and O–H groups in total. The van der Waals surface area contributed by atoms with Crippen molar-refractivity contribution in [3.8, 4) is 22.3 Å². The molecular weight excluding hydrogens is 669 g/mol. The van der Waals surface area contributed by atoms with Crippen molar-refractivity contribution in [2.45, 2.75) is 0 Å². The average Bonchev–Trinajstić information content (AvgIpc) is 3.67. The molecule has 0 spiro atoms. The highest BCUT2D eigenvalue weighted by Gasteiger charge is 2.26. The quantitative estimate of drug-likeness (QED) is 0.157. The Balaban J connectivity index is 1.28. The molecular formula is C52H36N2O. The first kappa shape index (κ1) is 32.3. The summed E-state index contributed by atoms with van der Waals surface area (Å²) in [6, 6.07) is 77.4. The highest BCUT2D eigenvalue weighted by atomic mass is 16.3. The van der Waals surface area contributed by atoms with Gasteiger partial charge in [0.15, 0.2) is 5.58 Å². The molecule has 0 fully saturated rings. The molecule has 3 heteroatoms. The zero-order valence-electron chi connectivity index (χ0n) is 30.1. The molecule has 0 aliphatic heterocycles. The average molecular weight is 705 g/mol. The number of furan rings is 1. The van der Waals surface area contributed by atoms with Gasteiger partial charge in [0, 0.05) is 28.1 Å². The molecule has 0 bridgehead atoms. The summed E-state index contributed by atoms with van der Waals surface area (Å²) >= 11 is 0. The predicted molar refractivity (Wildman–Crippen MR) is 231 cm³/mol. The van der Waals surface area contributed by atoms with Gasteiger partial charge >= 0.3 is 0 Å². The van der Waals surface area contributed by atoms with E-state index in [1.54, 1.807) is 0 Å². The second-order valence-corrected chi connectivity index (χ2v) is 13.7. The summed E-state index contributed by atoms with van der Waals surface area (Å²) in [6.07, 6.45) is 0. The molecule has 0 unspecified atom stereocenters. The number of nitrogens with zero attached hydrogens (tertiary/aromatic N) is 2. The van der Waals surface area contributed by atoms with E-state index in [1.165, 1.54) is 16.5 Å². The van der Waals surface area contributed by atoms with E-state index >= 15 is 0 Å². The van der Waals surface area contributed by atoms with Crippen molar-refractivity contribution < 1.29 is 4.42 Å². The maximum atomic E-state index is 7.12. The van der Waals surface area contributed by atoms with Crippen LogP contribution < -0.4 is 9.80 Å². The Morgan fingerprint density at radius 3 is 1.35 bits per heavy atom. The van der Waals surface area contributed by atoms with Crippen molar-refractivity contribution in [3.63, 3.8) is 0 Å². The van der Waals surface area contributed by atoms with Crippen LogP contribution in [-0.4, -0.2) is 0 Å². The Morgan fingerprint density at radius 2 is 0.764 bits per heavy atom. The lowest BCUT2D eigenvalue weighted by Gasteiger charge is -2.29. The van der Waals surface area contributed by atoms with Gasteiger partial charge in [-0.2, -0.15) is 0 Å². The van der Waals surface area contributed by atoms with Crippen LogP contribution in [0.15, 0.2) is 223 Å². The van der Waals surface area contributed by atoms with Crippen LogP contribution in [0.3, 0.4) is 0 Å². The number of rotatable bonds is 8. The van der Waals surface area contributed by atoms with E-state index in [2.05, 4.69) is 228 Å². The fraction of sp³-hybridized carbons (Fsp3) is 0. The van der Waals surface area contributed by atoms with E-state index in [9.17, 15) is 0 Å². The van der Waals surface area contributed by atoms with Crippen LogP contribution in [0.5, 0.6) is 0 Å². The van der Waals surface area contributed by atoms with Gasteiger partial charge in [0.25, 0.3) is 0 Å². The van der Waals surface area contributed by atoms with Crippen LogP contribution >= 0.6 is 0 Å². The Bertz CT molecular complexity index is 2920. The smallest absolute Gasteiger partial charge is 0.161 e. The number of hydrogen-bond acceptors (Lipinski definition) is 3. The highest BCUT2D eigenvalue weighted by molar-refractivity contribution is 6.25. The monoisotopic (exact) mass is 704 g/mol. The van der Waals surface area contributed by atoms with Gasteiger partial charge in [0.1, 0.15) is 5.58 Å². The van der Waals surface area contributed by atoms with Crippen LogP contribution in [0.4, 0.5) is 34.1 Å². The van der Waals surface area contributed by atoms with Gasteiger partial charge in [-0.25, -0.2) is 0 Å². The molecule has 0 radical (unpaired) electrons. The topological polar surface area (TPSA) is 19.6 Å². The molecule has 0 saturated heterocycles. The van der Waals surface area contributed by atoms with Crippen molar-refractivity contribution in [1.82, 2.24) is 0 Å². The van der Waals surface area contributed by atoms with E-state index in [0.717, 1.165) is 72.6 Å².